The van der Waals surface area contributed by atoms with Crippen molar-refractivity contribution >= 4 is 17.3 Å². The summed E-state index contributed by atoms with van der Waals surface area (Å²) in [5, 5.41) is 16.2. The Morgan fingerprint density at radius 1 is 1.17 bits per heavy atom. The number of likely N-dealkylation sites (N-methyl/N-ethyl adjacent to an activating group) is 1. The van der Waals surface area contributed by atoms with Crippen molar-refractivity contribution in [1.82, 2.24) is 34.4 Å². The Labute approximate surface area is 168 Å². The van der Waals surface area contributed by atoms with Crippen LogP contribution in [0.4, 0.5) is 11.7 Å². The van der Waals surface area contributed by atoms with Crippen LogP contribution in [0.1, 0.15) is 30.1 Å². The van der Waals surface area contributed by atoms with Crippen LogP contribution in [0.25, 0.3) is 16.8 Å². The van der Waals surface area contributed by atoms with Gasteiger partial charge in [0, 0.05) is 49.0 Å². The average Bonchev–Trinajstić information content (AvgIpc) is 3.41. The van der Waals surface area contributed by atoms with Gasteiger partial charge in [-0.05, 0) is 33.4 Å². The second-order valence-corrected chi connectivity index (χ2v) is 7.82. The molecule has 5 heterocycles. The van der Waals surface area contributed by atoms with E-state index in [1.165, 1.54) is 6.42 Å². The third-order valence-electron chi connectivity index (χ3n) is 5.43. The van der Waals surface area contributed by atoms with Crippen LogP contribution in [0.15, 0.2) is 35.2 Å². The standard InChI is InChI=1S/C20H24N8O/c1-13-7-19(29-25-13)24-18-8-17(14-5-4-6-26(2)11-14)23-20-16(10-22-28(18)20)15-9-21-27(3)12-15/h7-10,12,14,24H,4-6,11H2,1-3H3. The van der Waals surface area contributed by atoms with Gasteiger partial charge < -0.3 is 14.7 Å². The highest BCUT2D eigenvalue weighted by Gasteiger charge is 2.23. The van der Waals surface area contributed by atoms with Gasteiger partial charge in [0.2, 0.25) is 5.88 Å². The van der Waals surface area contributed by atoms with Gasteiger partial charge in [0.15, 0.2) is 5.65 Å². The number of rotatable bonds is 4. The van der Waals surface area contributed by atoms with Crippen LogP contribution < -0.4 is 5.32 Å². The molecular weight excluding hydrogens is 368 g/mol. The maximum absolute atomic E-state index is 5.37. The quantitative estimate of drug-likeness (QED) is 0.571. The van der Waals surface area contributed by atoms with Crippen molar-refractivity contribution in [3.05, 3.63) is 42.1 Å². The van der Waals surface area contributed by atoms with Gasteiger partial charge in [0.05, 0.1) is 23.8 Å². The minimum atomic E-state index is 0.382. The summed E-state index contributed by atoms with van der Waals surface area (Å²) in [6.45, 7) is 4.03. The zero-order valence-electron chi connectivity index (χ0n) is 16.8. The maximum atomic E-state index is 5.37. The van der Waals surface area contributed by atoms with Crippen molar-refractivity contribution in [3.63, 3.8) is 0 Å². The van der Waals surface area contributed by atoms with Crippen molar-refractivity contribution in [3.8, 4) is 11.1 Å². The first-order valence-electron chi connectivity index (χ1n) is 9.83. The van der Waals surface area contributed by atoms with E-state index in [1.54, 1.807) is 4.68 Å². The molecule has 4 aromatic rings. The second kappa shape index (κ2) is 7.00. The lowest BCUT2D eigenvalue weighted by Gasteiger charge is -2.29. The van der Waals surface area contributed by atoms with E-state index < -0.39 is 0 Å². The predicted molar refractivity (Wildman–Crippen MR) is 109 cm³/mol. The van der Waals surface area contributed by atoms with Crippen LogP contribution in [0.3, 0.4) is 0 Å². The van der Waals surface area contributed by atoms with Gasteiger partial charge in [0.25, 0.3) is 0 Å². The molecule has 0 aliphatic carbocycles. The molecule has 1 unspecified atom stereocenters. The Morgan fingerprint density at radius 2 is 2.07 bits per heavy atom. The third-order valence-corrected chi connectivity index (χ3v) is 5.43. The first-order chi connectivity index (χ1) is 14.1. The molecule has 5 rings (SSSR count). The maximum Gasteiger partial charge on any atom is 0.230 e. The Bertz CT molecular complexity index is 1160. The van der Waals surface area contributed by atoms with Crippen LogP contribution in [0.2, 0.25) is 0 Å². The largest absolute Gasteiger partial charge is 0.338 e. The van der Waals surface area contributed by atoms with E-state index in [1.807, 2.05) is 43.1 Å². The fourth-order valence-corrected chi connectivity index (χ4v) is 4.00. The van der Waals surface area contributed by atoms with Gasteiger partial charge in [0.1, 0.15) is 5.82 Å². The first-order valence-corrected chi connectivity index (χ1v) is 9.83. The lowest BCUT2D eigenvalue weighted by atomic mass is 9.94. The summed E-state index contributed by atoms with van der Waals surface area (Å²) in [5.41, 5.74) is 4.65. The first kappa shape index (κ1) is 17.9. The van der Waals surface area contributed by atoms with E-state index in [2.05, 4.69) is 38.7 Å². The summed E-state index contributed by atoms with van der Waals surface area (Å²) < 4.78 is 8.97. The Morgan fingerprint density at radius 3 is 2.79 bits per heavy atom. The number of likely N-dealkylation sites (tertiary alicyclic amines) is 1. The molecule has 1 aliphatic rings. The fourth-order valence-electron chi connectivity index (χ4n) is 4.00. The van der Waals surface area contributed by atoms with E-state index in [0.717, 1.165) is 53.5 Å². The van der Waals surface area contributed by atoms with E-state index in [0.29, 0.717) is 11.8 Å². The number of nitrogens with zero attached hydrogens (tertiary/aromatic N) is 7. The predicted octanol–water partition coefficient (Wildman–Crippen LogP) is 2.98. The molecule has 0 bridgehead atoms. The lowest BCUT2D eigenvalue weighted by molar-refractivity contribution is 0.248. The minimum Gasteiger partial charge on any atom is -0.338 e. The molecule has 1 saturated heterocycles. The molecule has 1 aliphatic heterocycles. The number of hydrogen-bond donors (Lipinski definition) is 1. The summed E-state index contributed by atoms with van der Waals surface area (Å²) in [6, 6.07) is 3.94. The Balaban J connectivity index is 1.64. The summed E-state index contributed by atoms with van der Waals surface area (Å²) in [5.74, 6) is 1.78. The van der Waals surface area contributed by atoms with Crippen LogP contribution in [-0.2, 0) is 7.05 Å². The van der Waals surface area contributed by atoms with Gasteiger partial charge >= 0.3 is 0 Å². The highest BCUT2D eigenvalue weighted by molar-refractivity contribution is 5.78. The van der Waals surface area contributed by atoms with Crippen LogP contribution in [0.5, 0.6) is 0 Å². The SMILES string of the molecule is Cc1cc(Nc2cc(C3CCCN(C)C3)nc3c(-c4cnn(C)c4)cnn23)on1. The number of aryl methyl sites for hydroxylation is 2. The molecule has 1 N–H and O–H groups in total. The molecule has 0 amide bonds. The van der Waals surface area contributed by atoms with Crippen LogP contribution >= 0.6 is 0 Å². The van der Waals surface area contributed by atoms with Gasteiger partial charge in [-0.3, -0.25) is 4.68 Å². The lowest BCUT2D eigenvalue weighted by Crippen LogP contribution is -2.31. The fraction of sp³-hybridized carbons (Fsp3) is 0.400. The number of hydrogen-bond acceptors (Lipinski definition) is 7. The van der Waals surface area contributed by atoms with E-state index in [-0.39, 0.29) is 0 Å². The molecule has 150 valence electrons. The zero-order chi connectivity index (χ0) is 20.0. The molecule has 9 nitrogen and oxygen atoms in total. The topological polar surface area (TPSA) is 89.3 Å². The molecule has 1 atom stereocenters. The van der Waals surface area contributed by atoms with Crippen molar-refractivity contribution in [2.45, 2.75) is 25.7 Å². The third kappa shape index (κ3) is 3.38. The van der Waals surface area contributed by atoms with Crippen molar-refractivity contribution in [2.75, 3.05) is 25.5 Å². The summed E-state index contributed by atoms with van der Waals surface area (Å²) in [6.07, 6.45) is 7.96. The van der Waals surface area contributed by atoms with Gasteiger partial charge in [-0.1, -0.05) is 5.16 Å². The number of aromatic nitrogens is 6. The molecule has 9 heteroatoms. The summed E-state index contributed by atoms with van der Waals surface area (Å²) in [7, 11) is 4.08. The van der Waals surface area contributed by atoms with Crippen LogP contribution in [-0.4, -0.2) is 54.6 Å². The summed E-state index contributed by atoms with van der Waals surface area (Å²) in [4.78, 5) is 7.40. The molecule has 4 aromatic heterocycles. The highest BCUT2D eigenvalue weighted by Crippen LogP contribution is 2.31. The van der Waals surface area contributed by atoms with Crippen molar-refractivity contribution in [1.29, 1.82) is 0 Å². The molecule has 0 aromatic carbocycles. The number of fused-ring (bicyclic) bond motifs is 1. The van der Waals surface area contributed by atoms with Crippen molar-refractivity contribution < 1.29 is 4.52 Å². The van der Waals surface area contributed by atoms with E-state index in [4.69, 9.17) is 9.51 Å². The Hall–Kier alpha value is -3.20. The van der Waals surface area contributed by atoms with Crippen molar-refractivity contribution in [2.24, 2.45) is 7.05 Å². The zero-order valence-corrected chi connectivity index (χ0v) is 16.8. The molecule has 0 radical (unpaired) electrons. The summed E-state index contributed by atoms with van der Waals surface area (Å²) >= 11 is 0. The van der Waals surface area contributed by atoms with Gasteiger partial charge in [-0.25, -0.2) is 4.98 Å². The van der Waals surface area contributed by atoms with Gasteiger partial charge in [-0.15, -0.1) is 0 Å². The molecular formula is C20H24N8O. The average molecular weight is 392 g/mol. The normalized spacial score (nSPS) is 17.8. The highest BCUT2D eigenvalue weighted by atomic mass is 16.5. The number of nitrogens with one attached hydrogen (secondary N) is 1. The number of anilines is 2. The van der Waals surface area contributed by atoms with Gasteiger partial charge in [-0.2, -0.15) is 14.7 Å². The minimum absolute atomic E-state index is 0.382. The smallest absolute Gasteiger partial charge is 0.230 e. The monoisotopic (exact) mass is 392 g/mol. The Kier molecular flexibility index (Phi) is 4.31. The molecule has 29 heavy (non-hydrogen) atoms. The second-order valence-electron chi connectivity index (χ2n) is 7.82. The number of piperidine rings is 1. The molecule has 1 fully saturated rings. The van der Waals surface area contributed by atoms with E-state index >= 15 is 0 Å². The van der Waals surface area contributed by atoms with Crippen LogP contribution in [0, 0.1) is 6.92 Å². The molecule has 0 spiro atoms. The van der Waals surface area contributed by atoms with E-state index in [9.17, 15) is 0 Å². The molecule has 0 saturated carbocycles.